The highest BCUT2D eigenvalue weighted by Crippen LogP contribution is 2.21. The number of rotatable bonds is 9. The molecule has 0 atom stereocenters. The molecule has 19 heavy (non-hydrogen) atoms. The minimum absolute atomic E-state index is 0.905. The molecular weight excluding hydrogens is 268 g/mol. The maximum atomic E-state index is 5.82. The summed E-state index contributed by atoms with van der Waals surface area (Å²) in [6.07, 6.45) is 0. The van der Waals surface area contributed by atoms with Gasteiger partial charge in [-0.15, -0.1) is 0 Å². The molecule has 0 aliphatic rings. The molecule has 0 aliphatic heterocycles. The molecule has 0 aliphatic carbocycles. The van der Waals surface area contributed by atoms with Gasteiger partial charge in [-0.25, -0.2) is 0 Å². The molecule has 0 heterocycles. The second-order valence-corrected chi connectivity index (χ2v) is 14.8. The van der Waals surface area contributed by atoms with E-state index in [4.69, 9.17) is 8.85 Å². The summed E-state index contributed by atoms with van der Waals surface area (Å²) in [4.78, 5) is 0. The van der Waals surface area contributed by atoms with Crippen LogP contribution in [-0.2, 0) is 8.85 Å². The fourth-order valence-electron chi connectivity index (χ4n) is 2.55. The van der Waals surface area contributed by atoms with E-state index in [1.54, 1.807) is 0 Å². The van der Waals surface area contributed by atoms with Crippen LogP contribution in [0.1, 0.15) is 48.5 Å². The van der Waals surface area contributed by atoms with Gasteiger partial charge in [-0.3, -0.25) is 0 Å². The maximum absolute atomic E-state index is 5.82. The lowest BCUT2D eigenvalue weighted by molar-refractivity contribution is 0.321. The second kappa shape index (κ2) is 12.1. The molecule has 0 aromatic rings. The lowest BCUT2D eigenvalue weighted by Gasteiger charge is -2.26. The molecule has 0 radical (unpaired) electrons. The molecule has 4 heteroatoms. The minimum Gasteiger partial charge on any atom is -0.420 e. The predicted octanol–water partition coefficient (Wildman–Crippen LogP) is 5.67. The van der Waals surface area contributed by atoms with Gasteiger partial charge in [0, 0.05) is 13.7 Å². The highest BCUT2D eigenvalue weighted by atomic mass is 28.4. The van der Waals surface area contributed by atoms with Crippen LogP contribution in [0.2, 0.25) is 36.3 Å². The molecule has 0 spiro atoms. The van der Waals surface area contributed by atoms with Gasteiger partial charge in [0.05, 0.1) is 0 Å². The van der Waals surface area contributed by atoms with Gasteiger partial charge in [0.2, 0.25) is 0 Å². The fraction of sp³-hybridized carbons (Fsp3) is 1.00. The topological polar surface area (TPSA) is 18.5 Å². The van der Waals surface area contributed by atoms with Crippen molar-refractivity contribution in [1.82, 2.24) is 0 Å². The van der Waals surface area contributed by atoms with Crippen molar-refractivity contribution in [2.75, 3.05) is 13.7 Å². The Bertz CT molecular complexity index is 165. The van der Waals surface area contributed by atoms with Gasteiger partial charge < -0.3 is 8.85 Å². The van der Waals surface area contributed by atoms with Crippen LogP contribution in [0.25, 0.3) is 0 Å². The molecule has 0 saturated heterocycles. The highest BCUT2D eigenvalue weighted by Gasteiger charge is 2.27. The molecule has 0 unspecified atom stereocenters. The monoisotopic (exact) mass is 306 g/mol. The molecular formula is C15H38O2Si2. The lowest BCUT2D eigenvalue weighted by atomic mass is 10.9. The predicted molar refractivity (Wildman–Crippen MR) is 93.0 cm³/mol. The van der Waals surface area contributed by atoms with E-state index in [-0.39, 0.29) is 0 Å². The van der Waals surface area contributed by atoms with Crippen LogP contribution in [0, 0.1) is 0 Å². The largest absolute Gasteiger partial charge is 0.420 e. The van der Waals surface area contributed by atoms with Crippen LogP contribution in [0.15, 0.2) is 0 Å². The molecule has 0 bridgehead atoms. The molecule has 0 aromatic carbocycles. The summed E-state index contributed by atoms with van der Waals surface area (Å²) >= 11 is 0. The third kappa shape index (κ3) is 7.64. The molecule has 0 amide bonds. The first-order chi connectivity index (χ1) is 8.99. The Kier molecular flexibility index (Phi) is 13.8. The summed E-state index contributed by atoms with van der Waals surface area (Å²) in [5, 5.41) is 0. The van der Waals surface area contributed by atoms with E-state index >= 15 is 0 Å². The van der Waals surface area contributed by atoms with E-state index in [2.05, 4.69) is 48.5 Å². The van der Waals surface area contributed by atoms with Crippen LogP contribution in [-0.4, -0.2) is 30.4 Å². The van der Waals surface area contributed by atoms with Crippen molar-refractivity contribution in [3.8, 4) is 0 Å². The van der Waals surface area contributed by atoms with Crippen LogP contribution in [0.4, 0.5) is 0 Å². The Morgan fingerprint density at radius 2 is 0.895 bits per heavy atom. The van der Waals surface area contributed by atoms with Crippen molar-refractivity contribution in [3.63, 3.8) is 0 Å². The molecule has 0 saturated carbocycles. The Labute approximate surface area is 124 Å². The minimum atomic E-state index is -1.22. The third-order valence-electron chi connectivity index (χ3n) is 4.75. The quantitative estimate of drug-likeness (QED) is 0.511. The zero-order chi connectivity index (χ0) is 15.4. The molecule has 0 fully saturated rings. The summed E-state index contributed by atoms with van der Waals surface area (Å²) in [5.41, 5.74) is 0. The Morgan fingerprint density at radius 1 is 0.579 bits per heavy atom. The van der Waals surface area contributed by atoms with E-state index in [1.807, 2.05) is 7.11 Å². The molecule has 2 nitrogen and oxygen atoms in total. The summed E-state index contributed by atoms with van der Waals surface area (Å²) in [7, 11) is -0.545. The van der Waals surface area contributed by atoms with Gasteiger partial charge in [-0.05, 0) is 43.2 Å². The van der Waals surface area contributed by atoms with Crippen molar-refractivity contribution < 1.29 is 8.85 Å². The van der Waals surface area contributed by atoms with Gasteiger partial charge in [-0.1, -0.05) is 41.5 Å². The van der Waals surface area contributed by atoms with Crippen molar-refractivity contribution >= 4 is 16.6 Å². The Balaban J connectivity index is 0. The van der Waals surface area contributed by atoms with Gasteiger partial charge in [0.25, 0.3) is 0 Å². The van der Waals surface area contributed by atoms with Gasteiger partial charge >= 0.3 is 0 Å². The number of hydrogen-bond donors (Lipinski definition) is 0. The van der Waals surface area contributed by atoms with Crippen molar-refractivity contribution in [1.29, 1.82) is 0 Å². The van der Waals surface area contributed by atoms with E-state index in [9.17, 15) is 0 Å². The molecule has 118 valence electrons. The smallest absolute Gasteiger partial charge is 0.191 e. The summed E-state index contributed by atoms with van der Waals surface area (Å²) < 4.78 is 11.3. The Hall–Kier alpha value is 0.354. The summed E-state index contributed by atoms with van der Waals surface area (Å²) in [6, 6.07) is 7.60. The first-order valence-corrected chi connectivity index (χ1v) is 13.2. The summed E-state index contributed by atoms with van der Waals surface area (Å²) in [6.45, 7) is 16.5. The SMILES string of the molecule is CCO[Si](CC)(CC)CC.CC[Si](CC)(CC)OC. The van der Waals surface area contributed by atoms with Gasteiger partial charge in [0.1, 0.15) is 0 Å². The second-order valence-electron chi connectivity index (χ2n) is 5.12. The van der Waals surface area contributed by atoms with E-state index < -0.39 is 16.6 Å². The molecule has 0 aromatic heterocycles. The zero-order valence-corrected chi connectivity index (χ0v) is 16.8. The first-order valence-electron chi connectivity index (χ1n) is 8.18. The average molecular weight is 307 g/mol. The normalized spacial score (nSPS) is 12.0. The average Bonchev–Trinajstić information content (AvgIpc) is 2.49. The fourth-order valence-corrected chi connectivity index (χ4v) is 7.64. The summed E-state index contributed by atoms with van der Waals surface area (Å²) in [5.74, 6) is 0. The lowest BCUT2D eigenvalue weighted by Crippen LogP contribution is -2.35. The first kappa shape index (κ1) is 21.6. The van der Waals surface area contributed by atoms with E-state index in [1.165, 1.54) is 36.3 Å². The highest BCUT2D eigenvalue weighted by molar-refractivity contribution is 6.73. The van der Waals surface area contributed by atoms with Crippen LogP contribution in [0.3, 0.4) is 0 Å². The maximum Gasteiger partial charge on any atom is 0.191 e. The number of hydrogen-bond acceptors (Lipinski definition) is 2. The van der Waals surface area contributed by atoms with Gasteiger partial charge in [-0.2, -0.15) is 0 Å². The van der Waals surface area contributed by atoms with Gasteiger partial charge in [0.15, 0.2) is 16.6 Å². The van der Waals surface area contributed by atoms with Crippen LogP contribution < -0.4 is 0 Å². The van der Waals surface area contributed by atoms with E-state index in [0.29, 0.717) is 0 Å². The zero-order valence-electron chi connectivity index (χ0n) is 14.8. The standard InChI is InChI=1S/C8H20OSi.C7H18OSi/c1-5-9-10(6-2,7-3)8-4;1-5-9(6-2,7-3)8-4/h5-8H2,1-4H3;5-7H2,1-4H3. The van der Waals surface area contributed by atoms with Crippen LogP contribution in [0.5, 0.6) is 0 Å². The van der Waals surface area contributed by atoms with E-state index in [0.717, 1.165) is 6.61 Å². The van der Waals surface area contributed by atoms with Crippen molar-refractivity contribution in [2.24, 2.45) is 0 Å². The molecule has 0 N–H and O–H groups in total. The third-order valence-corrected chi connectivity index (χ3v) is 14.2. The Morgan fingerprint density at radius 3 is 0.947 bits per heavy atom. The molecule has 0 rings (SSSR count). The van der Waals surface area contributed by atoms with Crippen LogP contribution >= 0.6 is 0 Å². The van der Waals surface area contributed by atoms with Crippen molar-refractivity contribution in [2.45, 2.75) is 84.7 Å². The van der Waals surface area contributed by atoms with Crippen molar-refractivity contribution in [3.05, 3.63) is 0 Å².